The van der Waals surface area contributed by atoms with Crippen molar-refractivity contribution < 1.29 is 22.3 Å². The Hall–Kier alpha value is -3.25. The Morgan fingerprint density at radius 3 is 2.74 bits per heavy atom. The standard InChI is InChI=1S/C19H21N5O6S/c1-11-16(12(2)29-22-11)31(27,28)24-8-4-6-14(10-24)18(25)20-15-7-3-5-13(9-15)17-21-19(26)30-23-17/h3,5,7,9,14H,4,6,8,10H2,1-2H3,(H,20,25)(H,21,23,26). The van der Waals surface area contributed by atoms with Crippen molar-refractivity contribution in [2.45, 2.75) is 31.6 Å². The average molecular weight is 447 g/mol. The monoisotopic (exact) mass is 447 g/mol. The van der Waals surface area contributed by atoms with Crippen LogP contribution in [0.3, 0.4) is 0 Å². The highest BCUT2D eigenvalue weighted by Crippen LogP contribution is 2.28. The number of piperidine rings is 1. The number of H-pyrrole nitrogens is 1. The van der Waals surface area contributed by atoms with Gasteiger partial charge in [0, 0.05) is 24.3 Å². The molecule has 164 valence electrons. The molecular formula is C19H21N5O6S. The van der Waals surface area contributed by atoms with E-state index in [1.54, 1.807) is 38.1 Å². The van der Waals surface area contributed by atoms with E-state index in [1.807, 2.05) is 0 Å². The van der Waals surface area contributed by atoms with Crippen molar-refractivity contribution >= 4 is 21.6 Å². The molecule has 1 fully saturated rings. The molecule has 0 aliphatic carbocycles. The Morgan fingerprint density at radius 2 is 2.06 bits per heavy atom. The van der Waals surface area contributed by atoms with Gasteiger partial charge < -0.3 is 9.84 Å². The van der Waals surface area contributed by atoms with E-state index in [2.05, 4.69) is 25.1 Å². The number of aromatic nitrogens is 3. The van der Waals surface area contributed by atoms with E-state index in [1.165, 1.54) is 4.31 Å². The van der Waals surface area contributed by atoms with Gasteiger partial charge in [0.1, 0.15) is 10.6 Å². The van der Waals surface area contributed by atoms with Gasteiger partial charge in [-0.05, 0) is 38.8 Å². The lowest BCUT2D eigenvalue weighted by Crippen LogP contribution is -2.43. The van der Waals surface area contributed by atoms with E-state index in [0.29, 0.717) is 36.3 Å². The van der Waals surface area contributed by atoms with Gasteiger partial charge in [-0.25, -0.2) is 13.2 Å². The predicted molar refractivity (Wildman–Crippen MR) is 109 cm³/mol. The van der Waals surface area contributed by atoms with Gasteiger partial charge in [-0.15, -0.1) is 0 Å². The summed E-state index contributed by atoms with van der Waals surface area (Å²) in [6.45, 7) is 3.52. The number of carbonyl (C=O) groups excluding carboxylic acids is 1. The molecule has 1 amide bonds. The predicted octanol–water partition coefficient (Wildman–Crippen LogP) is 1.67. The third kappa shape index (κ3) is 4.16. The maximum Gasteiger partial charge on any atom is 0.439 e. The minimum absolute atomic E-state index is 0.0582. The molecule has 3 aromatic rings. The number of aryl methyl sites for hydroxylation is 2. The molecule has 0 saturated carbocycles. The summed E-state index contributed by atoms with van der Waals surface area (Å²) in [5, 5.41) is 10.2. The van der Waals surface area contributed by atoms with E-state index >= 15 is 0 Å². The maximum absolute atomic E-state index is 13.1. The SMILES string of the molecule is Cc1noc(C)c1S(=O)(=O)N1CCCC(C(=O)Nc2cccc(-c3noc(=O)[nH]3)c2)C1. The first kappa shape index (κ1) is 21.0. The van der Waals surface area contributed by atoms with E-state index < -0.39 is 21.7 Å². The Labute approximate surface area is 177 Å². The number of hydrogen-bond donors (Lipinski definition) is 2. The smallest absolute Gasteiger partial charge is 0.360 e. The van der Waals surface area contributed by atoms with Crippen LogP contribution in [0.1, 0.15) is 24.3 Å². The molecule has 12 heteroatoms. The number of benzene rings is 1. The third-order valence-corrected chi connectivity index (χ3v) is 7.27. The zero-order valence-electron chi connectivity index (χ0n) is 16.9. The molecule has 2 N–H and O–H groups in total. The Morgan fingerprint density at radius 1 is 1.26 bits per heavy atom. The number of anilines is 1. The van der Waals surface area contributed by atoms with Gasteiger partial charge in [0.25, 0.3) is 0 Å². The molecule has 31 heavy (non-hydrogen) atoms. The van der Waals surface area contributed by atoms with Gasteiger partial charge >= 0.3 is 5.76 Å². The molecule has 11 nitrogen and oxygen atoms in total. The first-order valence-corrected chi connectivity index (χ1v) is 11.1. The summed E-state index contributed by atoms with van der Waals surface area (Å²) in [5.41, 5.74) is 1.36. The van der Waals surface area contributed by atoms with Crippen LogP contribution in [0.5, 0.6) is 0 Å². The van der Waals surface area contributed by atoms with Crippen molar-refractivity contribution in [2.75, 3.05) is 18.4 Å². The van der Waals surface area contributed by atoms with Gasteiger partial charge in [0.15, 0.2) is 11.6 Å². The molecule has 0 radical (unpaired) electrons. The number of hydrogen-bond acceptors (Lipinski definition) is 8. The number of aromatic amines is 1. The lowest BCUT2D eigenvalue weighted by atomic mass is 9.98. The van der Waals surface area contributed by atoms with Crippen molar-refractivity contribution in [2.24, 2.45) is 5.92 Å². The fourth-order valence-electron chi connectivity index (χ4n) is 3.69. The minimum Gasteiger partial charge on any atom is -0.360 e. The Balaban J connectivity index is 1.49. The topological polar surface area (TPSA) is 151 Å². The molecule has 3 heterocycles. The van der Waals surface area contributed by atoms with Gasteiger partial charge in [-0.2, -0.15) is 4.31 Å². The molecule has 1 atom stereocenters. The van der Waals surface area contributed by atoms with Gasteiger partial charge in [0.05, 0.1) is 5.92 Å². The highest BCUT2D eigenvalue weighted by atomic mass is 32.2. The van der Waals surface area contributed by atoms with Crippen LogP contribution in [0.25, 0.3) is 11.4 Å². The molecule has 1 unspecified atom stereocenters. The number of nitrogens with zero attached hydrogens (tertiary/aromatic N) is 3. The second kappa shape index (κ2) is 8.12. The zero-order valence-corrected chi connectivity index (χ0v) is 17.7. The van der Waals surface area contributed by atoms with Crippen molar-refractivity contribution in [3.8, 4) is 11.4 Å². The van der Waals surface area contributed by atoms with Crippen molar-refractivity contribution in [1.29, 1.82) is 0 Å². The average Bonchev–Trinajstić information content (AvgIpc) is 3.33. The summed E-state index contributed by atoms with van der Waals surface area (Å²) in [4.78, 5) is 26.5. The lowest BCUT2D eigenvalue weighted by molar-refractivity contribution is -0.120. The number of rotatable bonds is 5. The molecule has 0 spiro atoms. The van der Waals surface area contributed by atoms with E-state index in [9.17, 15) is 18.0 Å². The molecule has 1 aromatic carbocycles. The number of amides is 1. The largest absolute Gasteiger partial charge is 0.439 e. The number of nitrogens with one attached hydrogen (secondary N) is 2. The van der Waals surface area contributed by atoms with E-state index in [0.717, 1.165) is 0 Å². The minimum atomic E-state index is -3.82. The van der Waals surface area contributed by atoms with Gasteiger partial charge in [0.2, 0.25) is 15.9 Å². The number of sulfonamides is 1. The molecule has 2 aromatic heterocycles. The van der Waals surface area contributed by atoms with Crippen LogP contribution >= 0.6 is 0 Å². The quantitative estimate of drug-likeness (QED) is 0.599. The first-order valence-electron chi connectivity index (χ1n) is 9.66. The Kier molecular flexibility index (Phi) is 5.50. The van der Waals surface area contributed by atoms with Crippen LogP contribution in [-0.2, 0) is 14.8 Å². The molecular weight excluding hydrogens is 426 g/mol. The molecule has 0 bridgehead atoms. The van der Waals surface area contributed by atoms with Crippen LogP contribution in [0, 0.1) is 19.8 Å². The normalized spacial score (nSPS) is 17.5. The zero-order chi connectivity index (χ0) is 22.2. The summed E-state index contributed by atoms with van der Waals surface area (Å²) >= 11 is 0. The summed E-state index contributed by atoms with van der Waals surface area (Å²) in [6.07, 6.45) is 1.12. The van der Waals surface area contributed by atoms with Crippen LogP contribution in [0.4, 0.5) is 5.69 Å². The van der Waals surface area contributed by atoms with Crippen molar-refractivity contribution in [3.05, 3.63) is 46.3 Å². The van der Waals surface area contributed by atoms with Crippen molar-refractivity contribution in [3.63, 3.8) is 0 Å². The summed E-state index contributed by atoms with van der Waals surface area (Å²) in [7, 11) is -3.82. The van der Waals surface area contributed by atoms with Gasteiger partial charge in [-0.1, -0.05) is 22.4 Å². The summed E-state index contributed by atoms with van der Waals surface area (Å²) in [5.74, 6) is -1.00. The van der Waals surface area contributed by atoms with Crippen LogP contribution < -0.4 is 11.1 Å². The molecule has 1 saturated heterocycles. The van der Waals surface area contributed by atoms with E-state index in [4.69, 9.17) is 4.52 Å². The molecule has 1 aliphatic heterocycles. The van der Waals surface area contributed by atoms with Crippen molar-refractivity contribution in [1.82, 2.24) is 19.6 Å². The van der Waals surface area contributed by atoms with E-state index in [-0.39, 0.29) is 28.9 Å². The summed E-state index contributed by atoms with van der Waals surface area (Å²) in [6, 6.07) is 6.75. The first-order chi connectivity index (χ1) is 14.8. The fraction of sp³-hybridized carbons (Fsp3) is 0.368. The second-order valence-electron chi connectivity index (χ2n) is 7.37. The lowest BCUT2D eigenvalue weighted by Gasteiger charge is -2.31. The second-order valence-corrected chi connectivity index (χ2v) is 9.24. The fourth-order valence-corrected chi connectivity index (χ4v) is 5.50. The van der Waals surface area contributed by atoms with Crippen LogP contribution in [0.15, 0.2) is 43.0 Å². The van der Waals surface area contributed by atoms with Gasteiger partial charge in [-0.3, -0.25) is 14.3 Å². The maximum atomic E-state index is 13.1. The number of carbonyl (C=O) groups is 1. The highest BCUT2D eigenvalue weighted by molar-refractivity contribution is 7.89. The summed E-state index contributed by atoms with van der Waals surface area (Å²) < 4.78 is 37.0. The Bertz CT molecular complexity index is 1260. The van der Waals surface area contributed by atoms with Crippen LogP contribution in [0.2, 0.25) is 0 Å². The molecule has 1 aliphatic rings. The third-order valence-electron chi connectivity index (χ3n) is 5.16. The highest BCUT2D eigenvalue weighted by Gasteiger charge is 2.36. The van der Waals surface area contributed by atoms with Crippen LogP contribution in [-0.4, -0.2) is 47.0 Å². The molecule has 4 rings (SSSR count).